The zero-order chi connectivity index (χ0) is 14.7. The Morgan fingerprint density at radius 2 is 1.95 bits per heavy atom. The van der Waals surface area contributed by atoms with Gasteiger partial charge in [0.25, 0.3) is 0 Å². The molecule has 0 aliphatic carbocycles. The maximum Gasteiger partial charge on any atom is 0.227 e. The number of likely N-dealkylation sites (tertiary alicyclic amines) is 1. The summed E-state index contributed by atoms with van der Waals surface area (Å²) in [6, 6.07) is 5.15. The van der Waals surface area contributed by atoms with Crippen molar-refractivity contribution in [3.05, 3.63) is 33.8 Å². The van der Waals surface area contributed by atoms with Crippen LogP contribution >= 0.6 is 23.2 Å². The van der Waals surface area contributed by atoms with Gasteiger partial charge in [0, 0.05) is 23.1 Å². The standard InChI is InChI=1S/C14H16Cl2N2O2/c15-11-4-1-5-12(16)10(11)7-13(19)18-6-2-3-9(8-18)14(17)20/h1,4-5,9H,2-3,6-8H2,(H2,17,20). The van der Waals surface area contributed by atoms with Gasteiger partial charge in [-0.1, -0.05) is 29.3 Å². The molecule has 2 amide bonds. The molecule has 1 aromatic carbocycles. The molecular weight excluding hydrogens is 299 g/mol. The van der Waals surface area contributed by atoms with E-state index in [9.17, 15) is 9.59 Å². The molecule has 0 aromatic heterocycles. The number of halogens is 2. The Labute approximate surface area is 127 Å². The number of amides is 2. The van der Waals surface area contributed by atoms with Crippen molar-refractivity contribution in [2.45, 2.75) is 19.3 Å². The number of piperidine rings is 1. The van der Waals surface area contributed by atoms with E-state index in [2.05, 4.69) is 0 Å². The van der Waals surface area contributed by atoms with E-state index >= 15 is 0 Å². The highest BCUT2D eigenvalue weighted by atomic mass is 35.5. The molecule has 0 radical (unpaired) electrons. The second kappa shape index (κ2) is 6.46. The van der Waals surface area contributed by atoms with Gasteiger partial charge < -0.3 is 10.6 Å². The molecule has 0 saturated carbocycles. The SMILES string of the molecule is NC(=O)C1CCCN(C(=O)Cc2c(Cl)cccc2Cl)C1. The van der Waals surface area contributed by atoms with E-state index < -0.39 is 0 Å². The number of carbonyl (C=O) groups is 2. The van der Waals surface area contributed by atoms with Crippen LogP contribution in [-0.4, -0.2) is 29.8 Å². The number of nitrogens with zero attached hydrogens (tertiary/aromatic N) is 1. The van der Waals surface area contributed by atoms with Crippen LogP contribution in [0.1, 0.15) is 18.4 Å². The Kier molecular flexibility index (Phi) is 4.89. The van der Waals surface area contributed by atoms with Gasteiger partial charge in [-0.05, 0) is 30.5 Å². The lowest BCUT2D eigenvalue weighted by molar-refractivity contribution is -0.134. The van der Waals surface area contributed by atoms with Crippen molar-refractivity contribution >= 4 is 35.0 Å². The van der Waals surface area contributed by atoms with Crippen molar-refractivity contribution in [2.24, 2.45) is 11.7 Å². The zero-order valence-electron chi connectivity index (χ0n) is 10.9. The minimum absolute atomic E-state index is 0.0778. The van der Waals surface area contributed by atoms with Gasteiger partial charge in [0.2, 0.25) is 11.8 Å². The molecule has 1 unspecified atom stereocenters. The molecule has 1 aliphatic rings. The Bertz CT molecular complexity index is 514. The van der Waals surface area contributed by atoms with Gasteiger partial charge in [-0.2, -0.15) is 0 Å². The monoisotopic (exact) mass is 314 g/mol. The lowest BCUT2D eigenvalue weighted by atomic mass is 9.97. The average molecular weight is 315 g/mol. The highest BCUT2D eigenvalue weighted by Gasteiger charge is 2.27. The van der Waals surface area contributed by atoms with Crippen molar-refractivity contribution in [1.29, 1.82) is 0 Å². The fourth-order valence-corrected chi connectivity index (χ4v) is 2.93. The van der Waals surface area contributed by atoms with Gasteiger partial charge in [-0.3, -0.25) is 9.59 Å². The molecule has 1 aromatic rings. The summed E-state index contributed by atoms with van der Waals surface area (Å²) in [5.74, 6) is -0.682. The summed E-state index contributed by atoms with van der Waals surface area (Å²) in [5.41, 5.74) is 5.94. The number of primary amides is 1. The number of hydrogen-bond acceptors (Lipinski definition) is 2. The topological polar surface area (TPSA) is 63.4 Å². The molecule has 4 nitrogen and oxygen atoms in total. The molecule has 1 aliphatic heterocycles. The fraction of sp³-hybridized carbons (Fsp3) is 0.429. The van der Waals surface area contributed by atoms with Crippen LogP contribution in [0.5, 0.6) is 0 Å². The van der Waals surface area contributed by atoms with E-state index in [1.165, 1.54) is 0 Å². The number of nitrogens with two attached hydrogens (primary N) is 1. The molecule has 1 heterocycles. The summed E-state index contributed by atoms with van der Waals surface area (Å²) in [6.45, 7) is 1.03. The highest BCUT2D eigenvalue weighted by molar-refractivity contribution is 6.36. The molecule has 1 saturated heterocycles. The lowest BCUT2D eigenvalue weighted by Crippen LogP contribution is -2.44. The number of rotatable bonds is 3. The Morgan fingerprint density at radius 3 is 2.55 bits per heavy atom. The largest absolute Gasteiger partial charge is 0.369 e. The maximum atomic E-state index is 12.3. The molecule has 0 spiro atoms. The molecule has 20 heavy (non-hydrogen) atoms. The second-order valence-corrected chi connectivity index (χ2v) is 5.77. The van der Waals surface area contributed by atoms with Crippen LogP contribution in [-0.2, 0) is 16.0 Å². The smallest absolute Gasteiger partial charge is 0.227 e. The third-order valence-corrected chi connectivity index (χ3v) is 4.27. The Morgan fingerprint density at radius 1 is 1.30 bits per heavy atom. The van der Waals surface area contributed by atoms with Crippen LogP contribution in [0.25, 0.3) is 0 Å². The first-order valence-corrected chi connectivity index (χ1v) is 7.24. The normalized spacial score (nSPS) is 18.9. The summed E-state index contributed by atoms with van der Waals surface area (Å²) in [4.78, 5) is 25.2. The maximum absolute atomic E-state index is 12.3. The average Bonchev–Trinajstić information content (AvgIpc) is 2.43. The van der Waals surface area contributed by atoms with E-state index in [-0.39, 0.29) is 24.2 Å². The Balaban J connectivity index is 2.06. The predicted octanol–water partition coefficient (Wildman–Crippen LogP) is 2.26. The second-order valence-electron chi connectivity index (χ2n) is 4.96. The Hall–Kier alpha value is -1.26. The highest BCUT2D eigenvalue weighted by Crippen LogP contribution is 2.26. The van der Waals surface area contributed by atoms with E-state index in [1.807, 2.05) is 0 Å². The number of benzene rings is 1. The summed E-state index contributed by atoms with van der Waals surface area (Å²) in [5, 5.41) is 0.962. The predicted molar refractivity (Wildman–Crippen MR) is 78.7 cm³/mol. The lowest BCUT2D eigenvalue weighted by Gasteiger charge is -2.31. The van der Waals surface area contributed by atoms with Crippen molar-refractivity contribution in [2.75, 3.05) is 13.1 Å². The fourth-order valence-electron chi connectivity index (χ4n) is 2.40. The molecule has 2 N–H and O–H groups in total. The van der Waals surface area contributed by atoms with Crippen LogP contribution in [0, 0.1) is 5.92 Å². The first-order valence-electron chi connectivity index (χ1n) is 6.49. The van der Waals surface area contributed by atoms with Gasteiger partial charge in [-0.15, -0.1) is 0 Å². The van der Waals surface area contributed by atoms with Crippen LogP contribution in [0.2, 0.25) is 10.0 Å². The molecule has 1 atom stereocenters. The van der Waals surface area contributed by atoms with Crippen LogP contribution in [0.3, 0.4) is 0 Å². The van der Waals surface area contributed by atoms with Crippen LogP contribution < -0.4 is 5.73 Å². The first kappa shape index (κ1) is 15.1. The molecule has 0 bridgehead atoms. The van der Waals surface area contributed by atoms with Crippen LogP contribution in [0.15, 0.2) is 18.2 Å². The number of hydrogen-bond donors (Lipinski definition) is 1. The minimum Gasteiger partial charge on any atom is -0.369 e. The molecule has 1 fully saturated rings. The van der Waals surface area contributed by atoms with Gasteiger partial charge in [0.05, 0.1) is 12.3 Å². The van der Waals surface area contributed by atoms with Crippen molar-refractivity contribution in [3.8, 4) is 0 Å². The third kappa shape index (κ3) is 3.44. The van der Waals surface area contributed by atoms with Crippen LogP contribution in [0.4, 0.5) is 0 Å². The summed E-state index contributed by atoms with van der Waals surface area (Å²) in [7, 11) is 0. The van der Waals surface area contributed by atoms with Crippen molar-refractivity contribution in [3.63, 3.8) is 0 Å². The molecule has 108 valence electrons. The van der Waals surface area contributed by atoms with Gasteiger partial charge in [0.15, 0.2) is 0 Å². The minimum atomic E-state index is -0.349. The third-order valence-electron chi connectivity index (χ3n) is 3.57. The van der Waals surface area contributed by atoms with E-state index in [0.29, 0.717) is 28.7 Å². The van der Waals surface area contributed by atoms with Gasteiger partial charge >= 0.3 is 0 Å². The van der Waals surface area contributed by atoms with Gasteiger partial charge in [-0.25, -0.2) is 0 Å². The summed E-state index contributed by atoms with van der Waals surface area (Å²) >= 11 is 12.1. The van der Waals surface area contributed by atoms with Gasteiger partial charge in [0.1, 0.15) is 0 Å². The zero-order valence-corrected chi connectivity index (χ0v) is 12.5. The summed E-state index contributed by atoms with van der Waals surface area (Å²) in [6.07, 6.45) is 1.67. The summed E-state index contributed by atoms with van der Waals surface area (Å²) < 4.78 is 0. The first-order chi connectivity index (χ1) is 9.49. The molecule has 6 heteroatoms. The molecule has 2 rings (SSSR count). The van der Waals surface area contributed by atoms with Crippen molar-refractivity contribution in [1.82, 2.24) is 4.90 Å². The van der Waals surface area contributed by atoms with Crippen molar-refractivity contribution < 1.29 is 9.59 Å². The number of carbonyl (C=O) groups excluding carboxylic acids is 2. The molecular formula is C14H16Cl2N2O2. The van der Waals surface area contributed by atoms with E-state index in [0.717, 1.165) is 12.8 Å². The van der Waals surface area contributed by atoms with E-state index in [1.54, 1.807) is 23.1 Å². The van der Waals surface area contributed by atoms with E-state index in [4.69, 9.17) is 28.9 Å². The quantitative estimate of drug-likeness (QED) is 0.930.